The van der Waals surface area contributed by atoms with Crippen LogP contribution in [0, 0.1) is 5.92 Å². The van der Waals surface area contributed by atoms with Crippen molar-refractivity contribution in [1.29, 1.82) is 0 Å². The van der Waals surface area contributed by atoms with Gasteiger partial charge in [-0.2, -0.15) is 0 Å². The molecule has 2 rings (SSSR count). The number of thiophene rings is 1. The highest BCUT2D eigenvalue weighted by Crippen LogP contribution is 2.32. The Labute approximate surface area is 112 Å². The van der Waals surface area contributed by atoms with Crippen molar-refractivity contribution in [3.8, 4) is 0 Å². The van der Waals surface area contributed by atoms with Crippen LogP contribution in [-0.4, -0.2) is 25.7 Å². The van der Waals surface area contributed by atoms with Crippen LogP contribution < -0.4 is 0 Å². The first-order valence-corrected chi connectivity index (χ1v) is 8.68. The Hall–Kier alpha value is -0.680. The standard InChI is InChI=1S/C13H18O3S2/c1-13(2,3)11-5-4-10(17-11)12(14)9-6-7-18(15,16)8-9/h4-5,9H,6-8H2,1-3H3. The summed E-state index contributed by atoms with van der Waals surface area (Å²) in [5, 5.41) is 0. The summed E-state index contributed by atoms with van der Waals surface area (Å²) in [5.41, 5.74) is 0.0327. The average Bonchev–Trinajstić information content (AvgIpc) is 2.82. The van der Waals surface area contributed by atoms with Crippen molar-refractivity contribution in [3.63, 3.8) is 0 Å². The number of hydrogen-bond acceptors (Lipinski definition) is 4. The van der Waals surface area contributed by atoms with Gasteiger partial charge in [0.2, 0.25) is 0 Å². The van der Waals surface area contributed by atoms with E-state index in [1.165, 1.54) is 11.3 Å². The van der Waals surface area contributed by atoms with Gasteiger partial charge >= 0.3 is 0 Å². The summed E-state index contributed by atoms with van der Waals surface area (Å²) in [6, 6.07) is 3.81. The number of ketones is 1. The van der Waals surface area contributed by atoms with Gasteiger partial charge in [-0.05, 0) is 24.0 Å². The molecule has 1 saturated heterocycles. The molecule has 0 aromatic carbocycles. The molecule has 1 aromatic rings. The molecular formula is C13H18O3S2. The van der Waals surface area contributed by atoms with E-state index in [9.17, 15) is 13.2 Å². The molecular weight excluding hydrogens is 268 g/mol. The van der Waals surface area contributed by atoms with Crippen LogP contribution in [-0.2, 0) is 15.3 Å². The number of carbonyl (C=O) groups is 1. The first kappa shape index (κ1) is 13.7. The summed E-state index contributed by atoms with van der Waals surface area (Å²) in [6.07, 6.45) is 0.476. The third-order valence-corrected chi connectivity index (χ3v) is 6.48. The lowest BCUT2D eigenvalue weighted by atomic mass is 9.95. The van der Waals surface area contributed by atoms with Crippen LogP contribution in [0.2, 0.25) is 0 Å². The number of sulfone groups is 1. The summed E-state index contributed by atoms with van der Waals surface area (Å²) in [7, 11) is -2.99. The van der Waals surface area contributed by atoms with E-state index < -0.39 is 9.84 Å². The minimum absolute atomic E-state index is 0.00317. The fourth-order valence-electron chi connectivity index (χ4n) is 2.08. The Morgan fingerprint density at radius 2 is 2.00 bits per heavy atom. The monoisotopic (exact) mass is 286 g/mol. The lowest BCUT2D eigenvalue weighted by Gasteiger charge is -2.15. The van der Waals surface area contributed by atoms with Crippen molar-refractivity contribution < 1.29 is 13.2 Å². The Morgan fingerprint density at radius 3 is 2.44 bits per heavy atom. The van der Waals surface area contributed by atoms with E-state index in [0.29, 0.717) is 11.3 Å². The van der Waals surface area contributed by atoms with Gasteiger partial charge in [0.1, 0.15) is 0 Å². The van der Waals surface area contributed by atoms with Crippen molar-refractivity contribution >= 4 is 27.0 Å². The molecule has 0 spiro atoms. The molecule has 1 aliphatic heterocycles. The van der Waals surface area contributed by atoms with Crippen molar-refractivity contribution in [1.82, 2.24) is 0 Å². The molecule has 0 amide bonds. The van der Waals surface area contributed by atoms with Crippen LogP contribution in [0.5, 0.6) is 0 Å². The second-order valence-electron chi connectivity index (χ2n) is 5.88. The molecule has 1 fully saturated rings. The molecule has 1 unspecified atom stereocenters. The van der Waals surface area contributed by atoms with Crippen molar-refractivity contribution in [3.05, 3.63) is 21.9 Å². The van der Waals surface area contributed by atoms with E-state index in [1.807, 2.05) is 12.1 Å². The molecule has 0 bridgehead atoms. The first-order valence-electron chi connectivity index (χ1n) is 6.04. The fourth-order valence-corrected chi connectivity index (χ4v) is 4.90. The predicted molar refractivity (Wildman–Crippen MR) is 74.1 cm³/mol. The maximum absolute atomic E-state index is 12.2. The van der Waals surface area contributed by atoms with Crippen LogP contribution in [0.4, 0.5) is 0 Å². The number of hydrogen-bond donors (Lipinski definition) is 0. The number of Topliss-reactive ketones (excluding diaryl/α,β-unsaturated/α-hetero) is 1. The van der Waals surface area contributed by atoms with E-state index >= 15 is 0 Å². The molecule has 1 aliphatic rings. The van der Waals surface area contributed by atoms with Gasteiger partial charge in [-0.1, -0.05) is 20.8 Å². The molecule has 0 N–H and O–H groups in total. The second kappa shape index (κ2) is 4.46. The Kier molecular flexibility index (Phi) is 3.40. The summed E-state index contributed by atoms with van der Waals surface area (Å²) >= 11 is 1.49. The normalized spacial score (nSPS) is 23.2. The van der Waals surface area contributed by atoms with E-state index in [4.69, 9.17) is 0 Å². The van der Waals surface area contributed by atoms with Gasteiger partial charge in [-0.15, -0.1) is 11.3 Å². The number of carbonyl (C=O) groups excluding carboxylic acids is 1. The van der Waals surface area contributed by atoms with Crippen molar-refractivity contribution in [2.75, 3.05) is 11.5 Å². The Balaban J connectivity index is 2.18. The summed E-state index contributed by atoms with van der Waals surface area (Å²) < 4.78 is 22.8. The van der Waals surface area contributed by atoms with Crippen LogP contribution in [0.25, 0.3) is 0 Å². The van der Waals surface area contributed by atoms with Crippen molar-refractivity contribution in [2.45, 2.75) is 32.6 Å². The zero-order valence-electron chi connectivity index (χ0n) is 10.9. The smallest absolute Gasteiger partial charge is 0.176 e. The lowest BCUT2D eigenvalue weighted by molar-refractivity contribution is 0.0937. The third-order valence-electron chi connectivity index (χ3n) is 3.19. The quantitative estimate of drug-likeness (QED) is 0.785. The molecule has 1 atom stereocenters. The minimum Gasteiger partial charge on any atom is -0.293 e. The molecule has 1 aromatic heterocycles. The zero-order valence-corrected chi connectivity index (χ0v) is 12.5. The average molecular weight is 286 g/mol. The van der Waals surface area contributed by atoms with E-state index in [0.717, 1.165) is 4.88 Å². The predicted octanol–water partition coefficient (Wildman–Crippen LogP) is 2.66. The van der Waals surface area contributed by atoms with Gasteiger partial charge in [0.05, 0.1) is 16.4 Å². The highest BCUT2D eigenvalue weighted by Gasteiger charge is 2.34. The van der Waals surface area contributed by atoms with E-state index in [2.05, 4.69) is 20.8 Å². The van der Waals surface area contributed by atoms with Crippen molar-refractivity contribution in [2.24, 2.45) is 5.92 Å². The molecule has 0 radical (unpaired) electrons. The Morgan fingerprint density at radius 1 is 1.33 bits per heavy atom. The largest absolute Gasteiger partial charge is 0.293 e. The third kappa shape index (κ3) is 2.83. The molecule has 3 nitrogen and oxygen atoms in total. The molecule has 0 saturated carbocycles. The molecule has 5 heteroatoms. The molecule has 0 aliphatic carbocycles. The van der Waals surface area contributed by atoms with Gasteiger partial charge < -0.3 is 0 Å². The molecule has 18 heavy (non-hydrogen) atoms. The van der Waals surface area contributed by atoms with Gasteiger partial charge in [-0.25, -0.2) is 8.42 Å². The van der Waals surface area contributed by atoms with Gasteiger partial charge in [-0.3, -0.25) is 4.79 Å². The maximum atomic E-state index is 12.2. The summed E-state index contributed by atoms with van der Waals surface area (Å²) in [4.78, 5) is 14.1. The maximum Gasteiger partial charge on any atom is 0.176 e. The highest BCUT2D eigenvalue weighted by atomic mass is 32.2. The topological polar surface area (TPSA) is 51.2 Å². The summed E-state index contributed by atoms with van der Waals surface area (Å²) in [6.45, 7) is 6.31. The Bertz CT molecular complexity index is 561. The van der Waals surface area contributed by atoms with Crippen LogP contribution in [0.1, 0.15) is 41.7 Å². The highest BCUT2D eigenvalue weighted by molar-refractivity contribution is 7.91. The van der Waals surface area contributed by atoms with E-state index in [1.54, 1.807) is 0 Å². The summed E-state index contributed by atoms with van der Waals surface area (Å²) in [5.74, 6) is -0.159. The zero-order chi connectivity index (χ0) is 13.6. The second-order valence-corrected chi connectivity index (χ2v) is 9.19. The molecule has 100 valence electrons. The van der Waals surface area contributed by atoms with Crippen LogP contribution in [0.15, 0.2) is 12.1 Å². The fraction of sp³-hybridized carbons (Fsp3) is 0.615. The van der Waals surface area contributed by atoms with Crippen LogP contribution >= 0.6 is 11.3 Å². The lowest BCUT2D eigenvalue weighted by Crippen LogP contribution is -2.15. The van der Waals surface area contributed by atoms with E-state index in [-0.39, 0.29) is 28.6 Å². The van der Waals surface area contributed by atoms with Gasteiger partial charge in [0.25, 0.3) is 0 Å². The first-order chi connectivity index (χ1) is 8.19. The van der Waals surface area contributed by atoms with Crippen LogP contribution in [0.3, 0.4) is 0 Å². The number of rotatable bonds is 2. The minimum atomic E-state index is -2.99. The molecule has 2 heterocycles. The van der Waals surface area contributed by atoms with Gasteiger partial charge in [0.15, 0.2) is 15.6 Å². The SMILES string of the molecule is CC(C)(C)c1ccc(C(=O)C2CCS(=O)(=O)C2)s1. The van der Waals surface area contributed by atoms with Gasteiger partial charge in [0, 0.05) is 10.8 Å².